The van der Waals surface area contributed by atoms with Crippen LogP contribution >= 0.6 is 0 Å². The molecule has 1 aliphatic rings. The molecule has 0 aliphatic carbocycles. The van der Waals surface area contributed by atoms with Crippen molar-refractivity contribution in [1.29, 1.82) is 0 Å². The maximum atomic E-state index is 12.0. The van der Waals surface area contributed by atoms with E-state index in [-0.39, 0.29) is 5.56 Å². The molecule has 0 atom stereocenters. The predicted molar refractivity (Wildman–Crippen MR) is 83.9 cm³/mol. The van der Waals surface area contributed by atoms with Crippen LogP contribution in [-0.4, -0.2) is 32.8 Å². The van der Waals surface area contributed by atoms with Gasteiger partial charge in [-0.25, -0.2) is 9.67 Å². The van der Waals surface area contributed by atoms with Gasteiger partial charge in [-0.3, -0.25) is 9.78 Å². The van der Waals surface area contributed by atoms with E-state index in [1.165, 1.54) is 4.68 Å². The van der Waals surface area contributed by atoms with Gasteiger partial charge in [-0.2, -0.15) is 5.10 Å². The standard InChI is InChI=1S/C16H15N5O2/c22-15-4-3-14(13-2-1-5-17-8-13)19-21(15)11-12-9-20(10-12)16-18-6-7-23-16/h1-8,12H,9-11H2. The van der Waals surface area contributed by atoms with E-state index in [1.807, 2.05) is 17.0 Å². The molecule has 4 heterocycles. The summed E-state index contributed by atoms with van der Waals surface area (Å²) in [7, 11) is 0. The Morgan fingerprint density at radius 1 is 1.22 bits per heavy atom. The van der Waals surface area contributed by atoms with E-state index in [9.17, 15) is 4.79 Å². The third-order valence-electron chi connectivity index (χ3n) is 3.90. The first-order valence-corrected chi connectivity index (χ1v) is 7.42. The van der Waals surface area contributed by atoms with Crippen LogP contribution in [0.25, 0.3) is 11.3 Å². The SMILES string of the molecule is O=c1ccc(-c2cccnc2)nn1CC1CN(c2ncco2)C1. The van der Waals surface area contributed by atoms with E-state index >= 15 is 0 Å². The molecule has 3 aromatic heterocycles. The van der Waals surface area contributed by atoms with E-state index < -0.39 is 0 Å². The molecule has 1 fully saturated rings. The van der Waals surface area contributed by atoms with Gasteiger partial charge in [0.1, 0.15) is 6.26 Å². The maximum Gasteiger partial charge on any atom is 0.297 e. The summed E-state index contributed by atoms with van der Waals surface area (Å²) in [4.78, 5) is 22.3. The fraction of sp³-hybridized carbons (Fsp3) is 0.250. The summed E-state index contributed by atoms with van der Waals surface area (Å²) in [6.45, 7) is 2.21. The molecule has 0 saturated carbocycles. The zero-order valence-electron chi connectivity index (χ0n) is 12.4. The van der Waals surface area contributed by atoms with Crippen LogP contribution < -0.4 is 10.5 Å². The average Bonchev–Trinajstić information content (AvgIpc) is 3.07. The van der Waals surface area contributed by atoms with Gasteiger partial charge in [0.05, 0.1) is 18.4 Å². The first kappa shape index (κ1) is 13.7. The van der Waals surface area contributed by atoms with Crippen LogP contribution in [-0.2, 0) is 6.54 Å². The quantitative estimate of drug-likeness (QED) is 0.725. The van der Waals surface area contributed by atoms with E-state index in [2.05, 4.69) is 15.1 Å². The summed E-state index contributed by atoms with van der Waals surface area (Å²) in [5.41, 5.74) is 1.56. The van der Waals surface area contributed by atoms with Crippen molar-refractivity contribution in [2.45, 2.75) is 6.54 Å². The summed E-state index contributed by atoms with van der Waals surface area (Å²) in [6.07, 6.45) is 6.65. The minimum Gasteiger partial charge on any atom is -0.432 e. The third-order valence-corrected chi connectivity index (χ3v) is 3.90. The average molecular weight is 309 g/mol. The monoisotopic (exact) mass is 309 g/mol. The van der Waals surface area contributed by atoms with Gasteiger partial charge >= 0.3 is 0 Å². The van der Waals surface area contributed by atoms with Crippen LogP contribution in [0.5, 0.6) is 0 Å². The van der Waals surface area contributed by atoms with Gasteiger partial charge in [-0.15, -0.1) is 0 Å². The second-order valence-corrected chi connectivity index (χ2v) is 5.57. The number of oxazole rings is 1. The Hall–Kier alpha value is -2.96. The summed E-state index contributed by atoms with van der Waals surface area (Å²) >= 11 is 0. The van der Waals surface area contributed by atoms with Gasteiger partial charge in [0, 0.05) is 43.0 Å². The number of nitrogens with zero attached hydrogens (tertiary/aromatic N) is 5. The lowest BCUT2D eigenvalue weighted by atomic mass is 10.0. The lowest BCUT2D eigenvalue weighted by molar-refractivity contribution is 0.317. The fourth-order valence-electron chi connectivity index (χ4n) is 2.71. The van der Waals surface area contributed by atoms with Crippen LogP contribution in [0, 0.1) is 5.92 Å². The van der Waals surface area contributed by atoms with E-state index in [0.29, 0.717) is 18.5 Å². The molecule has 3 aromatic rings. The number of hydrogen-bond donors (Lipinski definition) is 0. The van der Waals surface area contributed by atoms with Crippen LogP contribution in [0.4, 0.5) is 6.01 Å². The second-order valence-electron chi connectivity index (χ2n) is 5.57. The molecule has 7 heteroatoms. The first-order chi connectivity index (χ1) is 11.3. The van der Waals surface area contributed by atoms with Crippen molar-refractivity contribution in [2.75, 3.05) is 18.0 Å². The van der Waals surface area contributed by atoms with Gasteiger partial charge in [-0.1, -0.05) is 0 Å². The molecule has 0 unspecified atom stereocenters. The predicted octanol–water partition coefficient (Wildman–Crippen LogP) is 1.43. The minimum absolute atomic E-state index is 0.0905. The third kappa shape index (κ3) is 2.73. The van der Waals surface area contributed by atoms with Crippen molar-refractivity contribution < 1.29 is 4.42 Å². The van der Waals surface area contributed by atoms with Gasteiger partial charge in [0.25, 0.3) is 11.6 Å². The van der Waals surface area contributed by atoms with Crippen molar-refractivity contribution >= 4 is 6.01 Å². The normalized spacial score (nSPS) is 14.7. The fourth-order valence-corrected chi connectivity index (χ4v) is 2.71. The van der Waals surface area contributed by atoms with Crippen LogP contribution in [0.3, 0.4) is 0 Å². The largest absolute Gasteiger partial charge is 0.432 e. The summed E-state index contributed by atoms with van der Waals surface area (Å²) < 4.78 is 6.79. The number of pyridine rings is 1. The summed E-state index contributed by atoms with van der Waals surface area (Å²) in [5, 5.41) is 4.46. The molecule has 4 rings (SSSR count). The smallest absolute Gasteiger partial charge is 0.297 e. The molecular weight excluding hydrogens is 294 g/mol. The molecule has 7 nitrogen and oxygen atoms in total. The van der Waals surface area contributed by atoms with Gasteiger partial charge in [0.2, 0.25) is 0 Å². The highest BCUT2D eigenvalue weighted by Crippen LogP contribution is 2.23. The zero-order valence-corrected chi connectivity index (χ0v) is 12.4. The molecule has 116 valence electrons. The van der Waals surface area contributed by atoms with Crippen LogP contribution in [0.15, 0.2) is 58.3 Å². The van der Waals surface area contributed by atoms with Crippen LogP contribution in [0.1, 0.15) is 0 Å². The molecule has 0 aromatic carbocycles. The molecule has 0 amide bonds. The molecular formula is C16H15N5O2. The molecule has 1 saturated heterocycles. The van der Waals surface area contributed by atoms with Crippen molar-refractivity contribution in [1.82, 2.24) is 19.7 Å². The second kappa shape index (κ2) is 5.68. The van der Waals surface area contributed by atoms with Crippen molar-refractivity contribution in [3.63, 3.8) is 0 Å². The lowest BCUT2D eigenvalue weighted by Crippen LogP contribution is -2.49. The molecule has 0 spiro atoms. The highest BCUT2D eigenvalue weighted by atomic mass is 16.4. The molecule has 23 heavy (non-hydrogen) atoms. The van der Waals surface area contributed by atoms with Crippen molar-refractivity contribution in [3.8, 4) is 11.3 Å². The number of rotatable bonds is 4. The Kier molecular flexibility index (Phi) is 3.38. The van der Waals surface area contributed by atoms with Crippen molar-refractivity contribution in [2.24, 2.45) is 5.92 Å². The Bertz CT molecular complexity index is 838. The van der Waals surface area contributed by atoms with Gasteiger partial charge in [0.15, 0.2) is 0 Å². The Balaban J connectivity index is 1.48. The highest BCUT2D eigenvalue weighted by molar-refractivity contribution is 5.56. The molecule has 1 aliphatic heterocycles. The molecule has 0 bridgehead atoms. The van der Waals surface area contributed by atoms with Gasteiger partial charge in [-0.05, 0) is 18.2 Å². The minimum atomic E-state index is -0.0905. The van der Waals surface area contributed by atoms with E-state index in [4.69, 9.17) is 4.42 Å². The van der Waals surface area contributed by atoms with E-state index in [1.54, 1.807) is 37.0 Å². The van der Waals surface area contributed by atoms with Crippen LogP contribution in [0.2, 0.25) is 0 Å². The summed E-state index contributed by atoms with van der Waals surface area (Å²) in [5.74, 6) is 0.358. The topological polar surface area (TPSA) is 77.1 Å². The lowest BCUT2D eigenvalue weighted by Gasteiger charge is -2.37. The molecule has 0 radical (unpaired) electrons. The first-order valence-electron chi connectivity index (χ1n) is 7.42. The van der Waals surface area contributed by atoms with E-state index in [0.717, 1.165) is 24.3 Å². The Morgan fingerprint density at radius 3 is 2.87 bits per heavy atom. The summed E-state index contributed by atoms with van der Waals surface area (Å²) in [6, 6.07) is 7.70. The Labute approximate surface area is 132 Å². The number of aromatic nitrogens is 4. The number of hydrogen-bond acceptors (Lipinski definition) is 6. The van der Waals surface area contributed by atoms with Gasteiger partial charge < -0.3 is 9.32 Å². The zero-order chi connectivity index (χ0) is 15.6. The highest BCUT2D eigenvalue weighted by Gasteiger charge is 2.30. The molecule has 0 N–H and O–H groups in total. The van der Waals surface area contributed by atoms with Crippen molar-refractivity contribution in [3.05, 3.63) is 59.5 Å². The number of anilines is 1. The Morgan fingerprint density at radius 2 is 2.13 bits per heavy atom. The maximum absolute atomic E-state index is 12.0.